The lowest BCUT2D eigenvalue weighted by atomic mass is 10.3. The lowest BCUT2D eigenvalue weighted by molar-refractivity contribution is 0.556. The van der Waals surface area contributed by atoms with Crippen LogP contribution in [0.25, 0.3) is 0 Å². The maximum Gasteiger partial charge on any atom is 0.187 e. The molecular weight excluding hydrogens is 206 g/mol. The minimum atomic E-state index is 0.577. The first-order chi connectivity index (χ1) is 7.22. The zero-order valence-electron chi connectivity index (χ0n) is 9.66. The summed E-state index contributed by atoms with van der Waals surface area (Å²) in [5.41, 5.74) is 1.11. The summed E-state index contributed by atoms with van der Waals surface area (Å²) >= 11 is 1.72. The Kier molecular flexibility index (Phi) is 5.65. The molecule has 1 aromatic heterocycles. The van der Waals surface area contributed by atoms with Crippen molar-refractivity contribution in [3.05, 3.63) is 18.0 Å². The maximum absolute atomic E-state index is 4.25. The summed E-state index contributed by atoms with van der Waals surface area (Å²) in [6.07, 6.45) is 4.88. The highest BCUT2D eigenvalue weighted by Crippen LogP contribution is 2.13. The Hall–Kier alpha value is -0.610. The third-order valence-electron chi connectivity index (χ3n) is 2.09. The van der Waals surface area contributed by atoms with Crippen LogP contribution in [0, 0.1) is 6.92 Å². The summed E-state index contributed by atoms with van der Waals surface area (Å²) in [6.45, 7) is 7.38. The Morgan fingerprint density at radius 2 is 2.07 bits per heavy atom. The fraction of sp³-hybridized carbons (Fsp3) is 0.636. The van der Waals surface area contributed by atoms with Crippen molar-refractivity contribution in [3.63, 3.8) is 0 Å². The molecule has 15 heavy (non-hydrogen) atoms. The molecule has 1 aromatic rings. The van der Waals surface area contributed by atoms with Crippen molar-refractivity contribution in [1.29, 1.82) is 0 Å². The molecule has 0 saturated heterocycles. The van der Waals surface area contributed by atoms with Crippen LogP contribution >= 0.6 is 11.8 Å². The van der Waals surface area contributed by atoms with Crippen molar-refractivity contribution in [1.82, 2.24) is 15.3 Å². The van der Waals surface area contributed by atoms with E-state index in [-0.39, 0.29) is 0 Å². The van der Waals surface area contributed by atoms with E-state index in [0.717, 1.165) is 29.4 Å². The number of hydrogen-bond donors (Lipinski definition) is 1. The molecule has 0 aromatic carbocycles. The van der Waals surface area contributed by atoms with Gasteiger partial charge in [0.1, 0.15) is 0 Å². The van der Waals surface area contributed by atoms with Gasteiger partial charge in [-0.3, -0.25) is 0 Å². The van der Waals surface area contributed by atoms with Gasteiger partial charge in [0.2, 0.25) is 0 Å². The van der Waals surface area contributed by atoms with Crippen LogP contribution in [0.2, 0.25) is 0 Å². The predicted octanol–water partition coefficient (Wildman–Crippen LogP) is 2.27. The monoisotopic (exact) mass is 225 g/mol. The van der Waals surface area contributed by atoms with Gasteiger partial charge >= 0.3 is 0 Å². The number of thioether (sulfide) groups is 1. The Labute approximate surface area is 96.1 Å². The molecule has 0 radical (unpaired) electrons. The molecule has 1 rings (SSSR count). The molecule has 1 atom stereocenters. The Bertz CT molecular complexity index is 274. The van der Waals surface area contributed by atoms with Crippen molar-refractivity contribution in [2.75, 3.05) is 12.3 Å². The largest absolute Gasteiger partial charge is 0.315 e. The summed E-state index contributed by atoms with van der Waals surface area (Å²) in [7, 11) is 0. The van der Waals surface area contributed by atoms with Gasteiger partial charge < -0.3 is 5.32 Å². The van der Waals surface area contributed by atoms with Gasteiger partial charge in [-0.15, -0.1) is 0 Å². The molecule has 0 saturated carbocycles. The van der Waals surface area contributed by atoms with Gasteiger partial charge in [0, 0.05) is 24.2 Å². The second kappa shape index (κ2) is 6.80. The van der Waals surface area contributed by atoms with E-state index < -0.39 is 0 Å². The summed E-state index contributed by atoms with van der Waals surface area (Å²) < 4.78 is 0. The van der Waals surface area contributed by atoms with Gasteiger partial charge in [-0.05, 0) is 32.4 Å². The quantitative estimate of drug-likeness (QED) is 0.595. The normalized spacial score (nSPS) is 12.7. The van der Waals surface area contributed by atoms with Crippen LogP contribution in [-0.2, 0) is 0 Å². The number of nitrogens with one attached hydrogen (secondary N) is 1. The van der Waals surface area contributed by atoms with Crippen molar-refractivity contribution in [2.45, 2.75) is 38.4 Å². The molecule has 0 aliphatic heterocycles. The van der Waals surface area contributed by atoms with Crippen LogP contribution in [0.15, 0.2) is 17.6 Å². The van der Waals surface area contributed by atoms with Crippen LogP contribution in [0.1, 0.15) is 25.8 Å². The summed E-state index contributed by atoms with van der Waals surface area (Å²) in [6, 6.07) is 0.577. The topological polar surface area (TPSA) is 37.8 Å². The summed E-state index contributed by atoms with van der Waals surface area (Å²) in [5, 5.41) is 4.27. The highest BCUT2D eigenvalue weighted by atomic mass is 32.2. The Morgan fingerprint density at radius 1 is 1.40 bits per heavy atom. The van der Waals surface area contributed by atoms with E-state index in [1.165, 1.54) is 0 Å². The van der Waals surface area contributed by atoms with Crippen molar-refractivity contribution < 1.29 is 0 Å². The minimum Gasteiger partial charge on any atom is -0.315 e. The van der Waals surface area contributed by atoms with Gasteiger partial charge in [0.05, 0.1) is 0 Å². The summed E-state index contributed by atoms with van der Waals surface area (Å²) in [5.74, 6) is 1.07. The molecule has 3 nitrogen and oxygen atoms in total. The Balaban J connectivity index is 2.22. The van der Waals surface area contributed by atoms with Gasteiger partial charge in [-0.2, -0.15) is 0 Å². The van der Waals surface area contributed by atoms with Gasteiger partial charge in [-0.1, -0.05) is 18.7 Å². The lowest BCUT2D eigenvalue weighted by Crippen LogP contribution is -2.25. The summed E-state index contributed by atoms with van der Waals surface area (Å²) in [4.78, 5) is 8.51. The van der Waals surface area contributed by atoms with Crippen LogP contribution in [0.3, 0.4) is 0 Å². The van der Waals surface area contributed by atoms with Crippen LogP contribution in [-0.4, -0.2) is 28.3 Å². The first-order valence-electron chi connectivity index (χ1n) is 5.37. The maximum atomic E-state index is 4.25. The second-order valence-electron chi connectivity index (χ2n) is 3.64. The van der Waals surface area contributed by atoms with Crippen molar-refractivity contribution >= 4 is 11.8 Å². The minimum absolute atomic E-state index is 0.577. The lowest BCUT2D eigenvalue weighted by Gasteiger charge is -2.10. The zero-order chi connectivity index (χ0) is 11.1. The van der Waals surface area contributed by atoms with Gasteiger partial charge in [0.25, 0.3) is 0 Å². The van der Waals surface area contributed by atoms with E-state index in [2.05, 4.69) is 29.1 Å². The predicted molar refractivity (Wildman–Crippen MR) is 65.2 cm³/mol. The third kappa shape index (κ3) is 5.14. The molecular formula is C11H19N3S. The van der Waals surface area contributed by atoms with Gasteiger partial charge in [-0.25, -0.2) is 9.97 Å². The molecule has 1 heterocycles. The fourth-order valence-electron chi connectivity index (χ4n) is 1.23. The SMILES string of the molecule is CCNC(C)CCSc1ncc(C)cn1. The number of nitrogens with zero attached hydrogens (tertiary/aromatic N) is 2. The van der Waals surface area contributed by atoms with E-state index >= 15 is 0 Å². The molecule has 84 valence electrons. The van der Waals surface area contributed by atoms with E-state index in [1.807, 2.05) is 19.3 Å². The molecule has 1 unspecified atom stereocenters. The molecule has 0 aliphatic carbocycles. The van der Waals surface area contributed by atoms with Crippen LogP contribution in [0.4, 0.5) is 0 Å². The van der Waals surface area contributed by atoms with E-state index in [9.17, 15) is 0 Å². The van der Waals surface area contributed by atoms with Crippen LogP contribution in [0.5, 0.6) is 0 Å². The van der Waals surface area contributed by atoms with E-state index in [0.29, 0.717) is 6.04 Å². The highest BCUT2D eigenvalue weighted by molar-refractivity contribution is 7.99. The molecule has 1 N–H and O–H groups in total. The first kappa shape index (κ1) is 12.5. The third-order valence-corrected chi connectivity index (χ3v) is 3.00. The number of rotatable bonds is 6. The smallest absolute Gasteiger partial charge is 0.187 e. The molecule has 0 amide bonds. The molecule has 4 heteroatoms. The van der Waals surface area contributed by atoms with Crippen molar-refractivity contribution in [2.24, 2.45) is 0 Å². The number of hydrogen-bond acceptors (Lipinski definition) is 4. The second-order valence-corrected chi connectivity index (χ2v) is 4.70. The highest BCUT2D eigenvalue weighted by Gasteiger charge is 2.01. The molecule has 0 bridgehead atoms. The Morgan fingerprint density at radius 3 is 2.67 bits per heavy atom. The number of aryl methyl sites for hydroxylation is 1. The average Bonchev–Trinajstić information content (AvgIpc) is 2.21. The van der Waals surface area contributed by atoms with Crippen LogP contribution < -0.4 is 5.32 Å². The van der Waals surface area contributed by atoms with Gasteiger partial charge in [0.15, 0.2) is 5.16 Å². The number of aromatic nitrogens is 2. The first-order valence-corrected chi connectivity index (χ1v) is 6.35. The average molecular weight is 225 g/mol. The van der Waals surface area contributed by atoms with Crippen molar-refractivity contribution in [3.8, 4) is 0 Å². The molecule has 0 fully saturated rings. The fourth-order valence-corrected chi connectivity index (χ4v) is 2.14. The standard InChI is InChI=1S/C11H19N3S/c1-4-12-10(3)5-6-15-11-13-7-9(2)8-14-11/h7-8,10,12H,4-6H2,1-3H3. The molecule has 0 spiro atoms. The molecule has 0 aliphatic rings. The zero-order valence-corrected chi connectivity index (χ0v) is 10.5. The van der Waals surface area contributed by atoms with E-state index in [4.69, 9.17) is 0 Å². The van der Waals surface area contributed by atoms with E-state index in [1.54, 1.807) is 11.8 Å².